The first-order valence-electron chi connectivity index (χ1n) is 9.97. The van der Waals surface area contributed by atoms with Gasteiger partial charge in [0.1, 0.15) is 17.3 Å². The Morgan fingerprint density at radius 3 is 2.48 bits per heavy atom. The van der Waals surface area contributed by atoms with Gasteiger partial charge >= 0.3 is 0 Å². The van der Waals surface area contributed by atoms with Crippen molar-refractivity contribution in [2.24, 2.45) is 0 Å². The van der Waals surface area contributed by atoms with E-state index in [-0.39, 0.29) is 17.6 Å². The van der Waals surface area contributed by atoms with E-state index in [0.29, 0.717) is 56.5 Å². The fourth-order valence-corrected chi connectivity index (χ4v) is 3.78. The Hall–Kier alpha value is -3.79. The number of morpholine rings is 1. The van der Waals surface area contributed by atoms with Crippen LogP contribution < -0.4 is 10.6 Å². The van der Waals surface area contributed by atoms with E-state index in [1.807, 2.05) is 0 Å². The molecule has 1 aromatic carbocycles. The van der Waals surface area contributed by atoms with E-state index in [4.69, 9.17) is 15.5 Å². The molecule has 3 aromatic rings. The van der Waals surface area contributed by atoms with Gasteiger partial charge in [0, 0.05) is 37.6 Å². The smallest absolute Gasteiger partial charge is 0.273 e. The maximum atomic E-state index is 13.2. The summed E-state index contributed by atoms with van der Waals surface area (Å²) in [6.45, 7) is 3.41. The molecule has 2 aromatic heterocycles. The maximum absolute atomic E-state index is 13.2. The Morgan fingerprint density at radius 2 is 1.77 bits per heavy atom. The van der Waals surface area contributed by atoms with Crippen LogP contribution in [0.2, 0.25) is 0 Å². The molecule has 0 saturated carbocycles. The van der Waals surface area contributed by atoms with Gasteiger partial charge in [-0.3, -0.25) is 4.79 Å². The van der Waals surface area contributed by atoms with Crippen LogP contribution in [0.3, 0.4) is 0 Å². The van der Waals surface area contributed by atoms with E-state index in [1.54, 1.807) is 41.6 Å². The molecule has 2 aliphatic heterocycles. The predicted octanol–water partition coefficient (Wildman–Crippen LogP) is 1.21. The molecule has 1 saturated heterocycles. The topological polar surface area (TPSA) is 131 Å². The van der Waals surface area contributed by atoms with Gasteiger partial charge in [-0.15, -0.1) is 0 Å². The van der Waals surface area contributed by atoms with Crippen LogP contribution in [-0.4, -0.2) is 62.2 Å². The molecule has 0 atom stereocenters. The zero-order valence-electron chi connectivity index (χ0n) is 16.7. The third kappa shape index (κ3) is 3.73. The van der Waals surface area contributed by atoms with Gasteiger partial charge in [0.25, 0.3) is 5.91 Å². The highest BCUT2D eigenvalue weighted by atomic mass is 16.5. The molecule has 1 fully saturated rings. The molecular weight excluding hydrogens is 398 g/mol. The summed E-state index contributed by atoms with van der Waals surface area (Å²) in [6, 6.07) is 6.83. The maximum Gasteiger partial charge on any atom is 0.273 e. The minimum atomic E-state index is -0.155. The summed E-state index contributed by atoms with van der Waals surface area (Å²) in [5.74, 6) is 1.32. The van der Waals surface area contributed by atoms with Gasteiger partial charge in [-0.2, -0.15) is 0 Å². The lowest BCUT2D eigenvalue weighted by molar-refractivity contribution is 0.0762. The second-order valence-corrected chi connectivity index (χ2v) is 7.46. The minimum absolute atomic E-state index is 0.155. The van der Waals surface area contributed by atoms with Gasteiger partial charge in [-0.25, -0.2) is 19.9 Å². The lowest BCUT2D eigenvalue weighted by Crippen LogP contribution is -2.37. The molecule has 0 radical (unpaired) electrons. The van der Waals surface area contributed by atoms with Crippen LogP contribution in [0.5, 0.6) is 5.75 Å². The van der Waals surface area contributed by atoms with Crippen molar-refractivity contribution in [2.75, 3.05) is 36.9 Å². The summed E-state index contributed by atoms with van der Waals surface area (Å²) in [5, 5.41) is 9.52. The number of anilines is 2. The van der Waals surface area contributed by atoms with Crippen LogP contribution >= 0.6 is 0 Å². The molecule has 0 unspecified atom stereocenters. The number of aromatic hydroxyl groups is 1. The number of carbonyl (C=O) groups is 1. The SMILES string of the molecule is Nc1ncc(-c2nc3c(c(N4CCOCC4)n2)CN(Cc2ccc(O)cc2)C3=O)cn1. The van der Waals surface area contributed by atoms with Crippen LogP contribution in [0.4, 0.5) is 11.8 Å². The molecule has 10 nitrogen and oxygen atoms in total. The van der Waals surface area contributed by atoms with Crippen LogP contribution in [0.15, 0.2) is 36.7 Å². The van der Waals surface area contributed by atoms with Gasteiger partial charge in [0.05, 0.1) is 25.3 Å². The molecule has 10 heteroatoms. The monoisotopic (exact) mass is 419 g/mol. The first kappa shape index (κ1) is 19.2. The van der Waals surface area contributed by atoms with Crippen molar-refractivity contribution in [1.82, 2.24) is 24.8 Å². The van der Waals surface area contributed by atoms with Gasteiger partial charge < -0.3 is 25.4 Å². The lowest BCUT2D eigenvalue weighted by atomic mass is 10.2. The quantitative estimate of drug-likeness (QED) is 0.641. The Bertz CT molecular complexity index is 1110. The molecule has 1 amide bonds. The fourth-order valence-electron chi connectivity index (χ4n) is 3.78. The fraction of sp³-hybridized carbons (Fsp3) is 0.286. The Kier molecular flexibility index (Phi) is 4.83. The molecule has 4 heterocycles. The van der Waals surface area contributed by atoms with Crippen LogP contribution in [0.1, 0.15) is 21.6 Å². The Balaban J connectivity index is 1.53. The van der Waals surface area contributed by atoms with Crippen molar-refractivity contribution in [3.05, 3.63) is 53.5 Å². The van der Waals surface area contributed by atoms with Crippen molar-refractivity contribution in [3.8, 4) is 17.1 Å². The van der Waals surface area contributed by atoms with Crippen molar-refractivity contribution in [2.45, 2.75) is 13.1 Å². The van der Waals surface area contributed by atoms with E-state index in [2.05, 4.69) is 19.9 Å². The summed E-state index contributed by atoms with van der Waals surface area (Å²) in [4.78, 5) is 34.5. The largest absolute Gasteiger partial charge is 0.508 e. The number of ether oxygens (including phenoxy) is 1. The van der Waals surface area contributed by atoms with Gasteiger partial charge in [0.15, 0.2) is 5.82 Å². The van der Waals surface area contributed by atoms with E-state index in [0.717, 1.165) is 16.9 Å². The third-order valence-corrected chi connectivity index (χ3v) is 5.37. The summed E-state index contributed by atoms with van der Waals surface area (Å²) in [6.07, 6.45) is 3.11. The number of hydrogen-bond donors (Lipinski definition) is 2. The second-order valence-electron chi connectivity index (χ2n) is 7.46. The van der Waals surface area contributed by atoms with Gasteiger partial charge in [-0.05, 0) is 17.7 Å². The highest BCUT2D eigenvalue weighted by Crippen LogP contribution is 2.33. The highest BCUT2D eigenvalue weighted by Gasteiger charge is 2.34. The number of phenolic OH excluding ortho intramolecular Hbond substituents is 1. The number of rotatable bonds is 4. The summed E-state index contributed by atoms with van der Waals surface area (Å²) >= 11 is 0. The second kappa shape index (κ2) is 7.80. The number of fused-ring (bicyclic) bond motifs is 1. The zero-order valence-corrected chi connectivity index (χ0v) is 16.7. The third-order valence-electron chi connectivity index (χ3n) is 5.37. The van der Waals surface area contributed by atoms with Crippen LogP contribution in [0, 0.1) is 0 Å². The van der Waals surface area contributed by atoms with Crippen molar-refractivity contribution < 1.29 is 14.6 Å². The summed E-state index contributed by atoms with van der Waals surface area (Å²) in [5.41, 5.74) is 8.32. The van der Waals surface area contributed by atoms with Crippen LogP contribution in [-0.2, 0) is 17.8 Å². The van der Waals surface area contributed by atoms with E-state index in [1.165, 1.54) is 0 Å². The van der Waals surface area contributed by atoms with Gasteiger partial charge in [-0.1, -0.05) is 12.1 Å². The van der Waals surface area contributed by atoms with Crippen LogP contribution in [0.25, 0.3) is 11.4 Å². The molecule has 3 N–H and O–H groups in total. The number of phenols is 1. The number of amides is 1. The zero-order chi connectivity index (χ0) is 21.4. The number of hydrogen-bond acceptors (Lipinski definition) is 9. The van der Waals surface area contributed by atoms with Gasteiger partial charge in [0.2, 0.25) is 5.95 Å². The number of carbonyl (C=O) groups excluding carboxylic acids is 1. The first-order chi connectivity index (χ1) is 15.1. The minimum Gasteiger partial charge on any atom is -0.508 e. The predicted molar refractivity (Wildman–Crippen MR) is 112 cm³/mol. The number of nitrogens with zero attached hydrogens (tertiary/aromatic N) is 6. The molecule has 158 valence electrons. The Morgan fingerprint density at radius 1 is 1.06 bits per heavy atom. The average molecular weight is 419 g/mol. The number of nitrogen functional groups attached to an aromatic ring is 1. The highest BCUT2D eigenvalue weighted by molar-refractivity contribution is 5.98. The molecular formula is C21H21N7O3. The molecule has 5 rings (SSSR count). The Labute approximate surface area is 178 Å². The molecule has 31 heavy (non-hydrogen) atoms. The average Bonchev–Trinajstić information content (AvgIpc) is 3.11. The number of nitrogens with two attached hydrogens (primary N) is 1. The number of benzene rings is 1. The van der Waals surface area contributed by atoms with Crippen molar-refractivity contribution >= 4 is 17.7 Å². The molecule has 0 bridgehead atoms. The standard InChI is InChI=1S/C21H21N7O3/c22-21-23-9-14(10-24-21)18-25-17-16(19(26-18)27-5-7-31-8-6-27)12-28(20(17)30)11-13-1-3-15(29)4-2-13/h1-4,9-10,29H,5-8,11-12H2,(H2,22,23,24). The molecule has 2 aliphatic rings. The van der Waals surface area contributed by atoms with E-state index >= 15 is 0 Å². The van der Waals surface area contributed by atoms with Crippen molar-refractivity contribution in [3.63, 3.8) is 0 Å². The number of aromatic nitrogens is 4. The normalized spacial score (nSPS) is 15.9. The summed E-state index contributed by atoms with van der Waals surface area (Å²) in [7, 11) is 0. The molecule has 0 aliphatic carbocycles. The summed E-state index contributed by atoms with van der Waals surface area (Å²) < 4.78 is 5.48. The first-order valence-corrected chi connectivity index (χ1v) is 9.97. The van der Waals surface area contributed by atoms with Crippen molar-refractivity contribution in [1.29, 1.82) is 0 Å². The molecule has 0 spiro atoms. The van der Waals surface area contributed by atoms with E-state index < -0.39 is 0 Å². The lowest BCUT2D eigenvalue weighted by Gasteiger charge is -2.29. The van der Waals surface area contributed by atoms with E-state index in [9.17, 15) is 9.90 Å².